The number of pyridine rings is 1. The minimum absolute atomic E-state index is 0.0403. The monoisotopic (exact) mass is 284 g/mol. The van der Waals surface area contributed by atoms with Gasteiger partial charge in [-0.2, -0.15) is 0 Å². The molecule has 0 atom stereocenters. The molecule has 0 saturated carbocycles. The molecule has 1 aromatic heterocycles. The lowest BCUT2D eigenvalue weighted by atomic mass is 10.1. The van der Waals surface area contributed by atoms with E-state index in [1.807, 2.05) is 31.2 Å². The van der Waals surface area contributed by atoms with E-state index in [1.165, 1.54) is 10.1 Å². The molecule has 4 heteroatoms. The van der Waals surface area contributed by atoms with Crippen molar-refractivity contribution in [3.05, 3.63) is 69.6 Å². The van der Waals surface area contributed by atoms with Gasteiger partial charge in [-0.15, -0.1) is 0 Å². The van der Waals surface area contributed by atoms with Gasteiger partial charge in [0.05, 0.1) is 0 Å². The Balaban J connectivity index is 1.83. The fourth-order valence-corrected chi connectivity index (χ4v) is 2.08. The number of carbonyl (C=O) groups is 1. The molecule has 0 radical (unpaired) electrons. The lowest BCUT2D eigenvalue weighted by Crippen LogP contribution is -2.28. The Morgan fingerprint density at radius 1 is 1.19 bits per heavy atom. The third-order valence-corrected chi connectivity index (χ3v) is 3.44. The summed E-state index contributed by atoms with van der Waals surface area (Å²) in [5.74, 6) is -0.0403. The largest absolute Gasteiger partial charge is 0.352 e. The highest BCUT2D eigenvalue weighted by Gasteiger charge is 2.05. The maximum absolute atomic E-state index is 11.8. The highest BCUT2D eigenvalue weighted by atomic mass is 16.1. The SMILES string of the molecule is Cc1ccc(CCC(=O)NCc2cccn(C)c2=O)cc1. The van der Waals surface area contributed by atoms with Gasteiger partial charge in [0.25, 0.3) is 5.56 Å². The van der Waals surface area contributed by atoms with Crippen molar-refractivity contribution in [3.8, 4) is 0 Å². The highest BCUT2D eigenvalue weighted by molar-refractivity contribution is 5.76. The van der Waals surface area contributed by atoms with Crippen LogP contribution < -0.4 is 10.9 Å². The second-order valence-electron chi connectivity index (χ2n) is 5.21. The van der Waals surface area contributed by atoms with Crippen LogP contribution in [0, 0.1) is 6.92 Å². The Kier molecular flexibility index (Phi) is 4.93. The maximum atomic E-state index is 11.8. The van der Waals surface area contributed by atoms with Crippen molar-refractivity contribution in [1.82, 2.24) is 9.88 Å². The van der Waals surface area contributed by atoms with Crippen LogP contribution in [0.4, 0.5) is 0 Å². The number of hydrogen-bond donors (Lipinski definition) is 1. The van der Waals surface area contributed by atoms with Gasteiger partial charge < -0.3 is 9.88 Å². The van der Waals surface area contributed by atoms with Gasteiger partial charge in [-0.05, 0) is 25.0 Å². The van der Waals surface area contributed by atoms with E-state index in [0.29, 0.717) is 18.4 Å². The molecular weight excluding hydrogens is 264 g/mol. The molecule has 0 aliphatic carbocycles. The van der Waals surface area contributed by atoms with Crippen LogP contribution in [0.25, 0.3) is 0 Å². The summed E-state index contributed by atoms with van der Waals surface area (Å²) in [6, 6.07) is 11.7. The van der Waals surface area contributed by atoms with E-state index in [4.69, 9.17) is 0 Å². The van der Waals surface area contributed by atoms with E-state index in [9.17, 15) is 9.59 Å². The minimum atomic E-state index is -0.0728. The molecular formula is C17H20N2O2. The van der Waals surface area contributed by atoms with Crippen LogP contribution >= 0.6 is 0 Å². The summed E-state index contributed by atoms with van der Waals surface area (Å²) in [6.07, 6.45) is 2.83. The number of rotatable bonds is 5. The van der Waals surface area contributed by atoms with Crippen LogP contribution in [0.2, 0.25) is 0 Å². The van der Waals surface area contributed by atoms with Gasteiger partial charge >= 0.3 is 0 Å². The molecule has 4 nitrogen and oxygen atoms in total. The summed E-state index contributed by atoms with van der Waals surface area (Å²) in [4.78, 5) is 23.6. The molecule has 1 amide bonds. The molecule has 0 aliphatic heterocycles. The fraction of sp³-hybridized carbons (Fsp3) is 0.294. The predicted molar refractivity (Wildman–Crippen MR) is 83.0 cm³/mol. The Morgan fingerprint density at radius 2 is 1.90 bits per heavy atom. The van der Waals surface area contributed by atoms with Crippen molar-refractivity contribution in [3.63, 3.8) is 0 Å². The standard InChI is InChI=1S/C17H20N2O2/c1-13-5-7-14(8-6-13)9-10-16(20)18-12-15-4-3-11-19(2)17(15)21/h3-8,11H,9-10,12H2,1-2H3,(H,18,20). The number of carbonyl (C=O) groups excluding carboxylic acids is 1. The van der Waals surface area contributed by atoms with Gasteiger partial charge in [0.2, 0.25) is 5.91 Å². The Labute approximate surface area is 124 Å². The van der Waals surface area contributed by atoms with Crippen LogP contribution in [0.5, 0.6) is 0 Å². The number of hydrogen-bond acceptors (Lipinski definition) is 2. The van der Waals surface area contributed by atoms with Gasteiger partial charge in [0, 0.05) is 31.8 Å². The molecule has 1 N–H and O–H groups in total. The van der Waals surface area contributed by atoms with Crippen molar-refractivity contribution in [2.45, 2.75) is 26.3 Å². The molecule has 0 saturated heterocycles. The van der Waals surface area contributed by atoms with Crippen molar-refractivity contribution in [1.29, 1.82) is 0 Å². The zero-order valence-corrected chi connectivity index (χ0v) is 12.4. The van der Waals surface area contributed by atoms with Gasteiger partial charge in [-0.1, -0.05) is 35.9 Å². The van der Waals surface area contributed by atoms with Crippen molar-refractivity contribution >= 4 is 5.91 Å². The van der Waals surface area contributed by atoms with Crippen LogP contribution in [0.15, 0.2) is 47.4 Å². The molecule has 0 spiro atoms. The summed E-state index contributed by atoms with van der Waals surface area (Å²) in [5, 5.41) is 2.80. The Morgan fingerprint density at radius 3 is 2.62 bits per heavy atom. The zero-order chi connectivity index (χ0) is 15.2. The Bertz CT molecular complexity index is 672. The number of benzene rings is 1. The van der Waals surface area contributed by atoms with Crippen LogP contribution in [0.1, 0.15) is 23.1 Å². The van der Waals surface area contributed by atoms with E-state index < -0.39 is 0 Å². The molecule has 0 aliphatic rings. The quantitative estimate of drug-likeness (QED) is 0.912. The van der Waals surface area contributed by atoms with Crippen LogP contribution in [0.3, 0.4) is 0 Å². The summed E-state index contributed by atoms with van der Waals surface area (Å²) in [5.41, 5.74) is 2.88. The van der Waals surface area contributed by atoms with E-state index in [2.05, 4.69) is 5.32 Å². The van der Waals surface area contributed by atoms with Crippen LogP contribution in [-0.4, -0.2) is 10.5 Å². The molecule has 2 aromatic rings. The molecule has 1 aromatic carbocycles. The average Bonchev–Trinajstić information content (AvgIpc) is 2.48. The summed E-state index contributed by atoms with van der Waals surface area (Å²) < 4.78 is 1.51. The molecule has 2 rings (SSSR count). The second-order valence-corrected chi connectivity index (χ2v) is 5.21. The molecule has 0 bridgehead atoms. The number of aromatic nitrogens is 1. The lowest BCUT2D eigenvalue weighted by Gasteiger charge is -2.06. The van der Waals surface area contributed by atoms with E-state index in [-0.39, 0.29) is 18.0 Å². The molecule has 110 valence electrons. The predicted octanol–water partition coefficient (Wildman–Crippen LogP) is 1.94. The highest BCUT2D eigenvalue weighted by Crippen LogP contribution is 2.05. The normalized spacial score (nSPS) is 10.4. The molecule has 0 unspecified atom stereocenters. The van der Waals surface area contributed by atoms with Crippen molar-refractivity contribution in [2.24, 2.45) is 7.05 Å². The van der Waals surface area contributed by atoms with Gasteiger partial charge in [0.15, 0.2) is 0 Å². The summed E-state index contributed by atoms with van der Waals surface area (Å²) in [6.45, 7) is 2.32. The molecule has 21 heavy (non-hydrogen) atoms. The average molecular weight is 284 g/mol. The van der Waals surface area contributed by atoms with Gasteiger partial charge in [-0.3, -0.25) is 9.59 Å². The number of amides is 1. The Hall–Kier alpha value is -2.36. The van der Waals surface area contributed by atoms with Crippen LogP contribution in [-0.2, 0) is 24.8 Å². The third kappa shape index (κ3) is 4.31. The first-order valence-electron chi connectivity index (χ1n) is 7.03. The first-order chi connectivity index (χ1) is 10.1. The smallest absolute Gasteiger partial charge is 0.255 e. The number of nitrogens with zero attached hydrogens (tertiary/aromatic N) is 1. The second kappa shape index (κ2) is 6.88. The first-order valence-corrected chi connectivity index (χ1v) is 7.03. The zero-order valence-electron chi connectivity index (χ0n) is 12.4. The summed E-state index contributed by atoms with van der Waals surface area (Å²) in [7, 11) is 1.70. The maximum Gasteiger partial charge on any atom is 0.255 e. The fourth-order valence-electron chi connectivity index (χ4n) is 2.08. The van der Waals surface area contributed by atoms with Gasteiger partial charge in [0.1, 0.15) is 0 Å². The van der Waals surface area contributed by atoms with E-state index in [0.717, 1.165) is 5.56 Å². The summed E-state index contributed by atoms with van der Waals surface area (Å²) >= 11 is 0. The van der Waals surface area contributed by atoms with Crippen molar-refractivity contribution < 1.29 is 4.79 Å². The first kappa shape index (κ1) is 15.0. The third-order valence-electron chi connectivity index (χ3n) is 3.44. The van der Waals surface area contributed by atoms with Gasteiger partial charge in [-0.25, -0.2) is 0 Å². The van der Waals surface area contributed by atoms with E-state index >= 15 is 0 Å². The van der Waals surface area contributed by atoms with E-state index in [1.54, 1.807) is 25.4 Å². The number of nitrogens with one attached hydrogen (secondary N) is 1. The minimum Gasteiger partial charge on any atom is -0.352 e. The number of aryl methyl sites for hydroxylation is 3. The molecule has 0 fully saturated rings. The molecule has 1 heterocycles. The van der Waals surface area contributed by atoms with Crippen molar-refractivity contribution in [2.75, 3.05) is 0 Å². The lowest BCUT2D eigenvalue weighted by molar-refractivity contribution is -0.121. The topological polar surface area (TPSA) is 51.1 Å².